The van der Waals surface area contributed by atoms with E-state index in [0.29, 0.717) is 11.5 Å². The van der Waals surface area contributed by atoms with Crippen molar-refractivity contribution in [3.8, 4) is 0 Å². The molecule has 100 valence electrons. The summed E-state index contributed by atoms with van der Waals surface area (Å²) in [7, 11) is 0. The zero-order chi connectivity index (χ0) is 13.4. The Morgan fingerprint density at radius 2 is 2.42 bits per heavy atom. The fourth-order valence-electron chi connectivity index (χ4n) is 2.57. The number of hydrogen-bond donors (Lipinski definition) is 1. The van der Waals surface area contributed by atoms with Gasteiger partial charge in [0.1, 0.15) is 0 Å². The van der Waals surface area contributed by atoms with Gasteiger partial charge in [-0.25, -0.2) is 9.78 Å². The van der Waals surface area contributed by atoms with Gasteiger partial charge in [-0.1, -0.05) is 6.92 Å². The average molecular weight is 277 g/mol. The van der Waals surface area contributed by atoms with E-state index < -0.39 is 5.97 Å². The van der Waals surface area contributed by atoms with Gasteiger partial charge in [0.15, 0.2) is 0 Å². The number of aromatic carboxylic acids is 1. The Morgan fingerprint density at radius 3 is 3.16 bits per heavy atom. The van der Waals surface area contributed by atoms with E-state index in [1.807, 2.05) is 0 Å². The Hall–Kier alpha value is -1.46. The normalized spacial score (nSPS) is 23.0. The summed E-state index contributed by atoms with van der Waals surface area (Å²) in [6.45, 7) is 2.91. The molecule has 0 saturated carbocycles. The van der Waals surface area contributed by atoms with Crippen molar-refractivity contribution in [2.75, 3.05) is 6.61 Å². The number of thiazole rings is 1. The molecule has 3 rings (SSSR count). The zero-order valence-corrected chi connectivity index (χ0v) is 11.4. The molecule has 1 aromatic carbocycles. The van der Waals surface area contributed by atoms with Crippen LogP contribution in [0, 0.1) is 0 Å². The van der Waals surface area contributed by atoms with Crippen LogP contribution in [-0.2, 0) is 4.74 Å². The summed E-state index contributed by atoms with van der Waals surface area (Å²) in [5, 5.41) is 10.1. The van der Waals surface area contributed by atoms with Crippen LogP contribution in [0.25, 0.3) is 10.2 Å². The van der Waals surface area contributed by atoms with Crippen molar-refractivity contribution in [2.24, 2.45) is 0 Å². The number of benzene rings is 1. The first-order chi connectivity index (χ1) is 9.19. The first kappa shape index (κ1) is 12.6. The number of aromatic nitrogens is 1. The number of nitrogens with zero attached hydrogens (tertiary/aromatic N) is 1. The Balaban J connectivity index is 1.99. The molecular weight excluding hydrogens is 262 g/mol. The van der Waals surface area contributed by atoms with E-state index in [0.717, 1.165) is 34.7 Å². The Kier molecular flexibility index (Phi) is 3.24. The fourth-order valence-corrected chi connectivity index (χ4v) is 3.76. The van der Waals surface area contributed by atoms with Gasteiger partial charge in [0.2, 0.25) is 0 Å². The first-order valence-electron chi connectivity index (χ1n) is 6.44. The van der Waals surface area contributed by atoms with Crippen molar-refractivity contribution in [3.63, 3.8) is 0 Å². The molecule has 2 atom stereocenters. The van der Waals surface area contributed by atoms with E-state index in [4.69, 9.17) is 9.84 Å². The minimum absolute atomic E-state index is 0.250. The molecule has 0 radical (unpaired) electrons. The van der Waals surface area contributed by atoms with E-state index in [-0.39, 0.29) is 6.10 Å². The molecule has 0 spiro atoms. The third-order valence-electron chi connectivity index (χ3n) is 3.58. The lowest BCUT2D eigenvalue weighted by Crippen LogP contribution is -2.12. The standard InChI is InChI=1S/C14H15NO3S/c1-2-11-9(5-6-18-11)13-15-10-4-3-8(14(16)17)7-12(10)19-13/h3-4,7,9,11H,2,5-6H2,1H3,(H,16,17). The number of carboxylic acids is 1. The molecule has 0 bridgehead atoms. The van der Waals surface area contributed by atoms with Crippen LogP contribution in [0.15, 0.2) is 18.2 Å². The Labute approximate surface area is 115 Å². The van der Waals surface area contributed by atoms with Crippen molar-refractivity contribution in [2.45, 2.75) is 31.8 Å². The van der Waals surface area contributed by atoms with Crippen LogP contribution in [0.1, 0.15) is 41.0 Å². The summed E-state index contributed by atoms with van der Waals surface area (Å²) in [6.07, 6.45) is 2.24. The smallest absolute Gasteiger partial charge is 0.335 e. The summed E-state index contributed by atoms with van der Waals surface area (Å²) in [5.41, 5.74) is 1.20. The van der Waals surface area contributed by atoms with Crippen molar-refractivity contribution in [1.29, 1.82) is 0 Å². The summed E-state index contributed by atoms with van der Waals surface area (Å²) in [6, 6.07) is 5.10. The second-order valence-electron chi connectivity index (χ2n) is 4.75. The van der Waals surface area contributed by atoms with Crippen LogP contribution >= 0.6 is 11.3 Å². The van der Waals surface area contributed by atoms with Gasteiger partial charge < -0.3 is 9.84 Å². The van der Waals surface area contributed by atoms with E-state index in [9.17, 15) is 4.79 Å². The SMILES string of the molecule is CCC1OCCC1c1nc2ccc(C(=O)O)cc2s1. The monoisotopic (exact) mass is 277 g/mol. The van der Waals surface area contributed by atoms with E-state index in [1.165, 1.54) is 0 Å². The van der Waals surface area contributed by atoms with Gasteiger partial charge in [-0.15, -0.1) is 11.3 Å². The van der Waals surface area contributed by atoms with Gasteiger partial charge in [-0.2, -0.15) is 0 Å². The highest BCUT2D eigenvalue weighted by Gasteiger charge is 2.30. The summed E-state index contributed by atoms with van der Waals surface area (Å²) >= 11 is 1.59. The second-order valence-corrected chi connectivity index (χ2v) is 5.81. The fraction of sp³-hybridized carbons (Fsp3) is 0.429. The molecule has 2 aromatic rings. The lowest BCUT2D eigenvalue weighted by molar-refractivity contribution is 0.0697. The number of fused-ring (bicyclic) bond motifs is 1. The summed E-state index contributed by atoms with van der Waals surface area (Å²) in [4.78, 5) is 15.6. The van der Waals surface area contributed by atoms with E-state index in [2.05, 4.69) is 11.9 Å². The van der Waals surface area contributed by atoms with E-state index >= 15 is 0 Å². The maximum Gasteiger partial charge on any atom is 0.335 e. The van der Waals surface area contributed by atoms with Crippen LogP contribution in [-0.4, -0.2) is 28.8 Å². The molecule has 0 aliphatic carbocycles. The molecule has 1 aromatic heterocycles. The highest BCUT2D eigenvalue weighted by atomic mass is 32.1. The molecule has 1 N–H and O–H groups in total. The van der Waals surface area contributed by atoms with Crippen molar-refractivity contribution < 1.29 is 14.6 Å². The van der Waals surface area contributed by atoms with Gasteiger partial charge in [-0.05, 0) is 31.0 Å². The molecule has 4 nitrogen and oxygen atoms in total. The van der Waals surface area contributed by atoms with Gasteiger partial charge in [0.05, 0.1) is 26.9 Å². The maximum absolute atomic E-state index is 11.0. The first-order valence-corrected chi connectivity index (χ1v) is 7.26. The number of rotatable bonds is 3. The predicted octanol–water partition coefficient (Wildman–Crippen LogP) is 3.28. The number of carbonyl (C=O) groups is 1. The number of carboxylic acid groups (broad SMARTS) is 1. The van der Waals surface area contributed by atoms with Crippen molar-refractivity contribution >= 4 is 27.5 Å². The lowest BCUT2D eigenvalue weighted by atomic mass is 10.0. The molecule has 5 heteroatoms. The number of hydrogen-bond acceptors (Lipinski definition) is 4. The third-order valence-corrected chi connectivity index (χ3v) is 4.73. The van der Waals surface area contributed by atoms with Crippen LogP contribution in [0.2, 0.25) is 0 Å². The Morgan fingerprint density at radius 1 is 1.58 bits per heavy atom. The maximum atomic E-state index is 11.0. The molecule has 19 heavy (non-hydrogen) atoms. The van der Waals surface area contributed by atoms with Crippen LogP contribution in [0.5, 0.6) is 0 Å². The summed E-state index contributed by atoms with van der Waals surface area (Å²) in [5.74, 6) is -0.539. The highest BCUT2D eigenvalue weighted by Crippen LogP contribution is 2.37. The molecule has 2 heterocycles. The van der Waals surface area contributed by atoms with Crippen molar-refractivity contribution in [1.82, 2.24) is 4.98 Å². The minimum atomic E-state index is -0.896. The summed E-state index contributed by atoms with van der Waals surface area (Å²) < 4.78 is 6.64. The molecule has 1 saturated heterocycles. The largest absolute Gasteiger partial charge is 0.478 e. The van der Waals surface area contributed by atoms with Crippen molar-refractivity contribution in [3.05, 3.63) is 28.8 Å². The molecule has 2 unspecified atom stereocenters. The topological polar surface area (TPSA) is 59.4 Å². The third kappa shape index (κ3) is 2.24. The number of ether oxygens (including phenoxy) is 1. The molecule has 1 fully saturated rings. The van der Waals surface area contributed by atoms with Gasteiger partial charge in [0, 0.05) is 12.5 Å². The quantitative estimate of drug-likeness (QED) is 0.935. The highest BCUT2D eigenvalue weighted by molar-refractivity contribution is 7.18. The van der Waals surface area contributed by atoms with Crippen LogP contribution in [0.4, 0.5) is 0 Å². The van der Waals surface area contributed by atoms with Crippen LogP contribution in [0.3, 0.4) is 0 Å². The predicted molar refractivity (Wildman–Crippen MR) is 74.0 cm³/mol. The van der Waals surface area contributed by atoms with Gasteiger partial charge in [-0.3, -0.25) is 0 Å². The lowest BCUT2D eigenvalue weighted by Gasteiger charge is -2.13. The minimum Gasteiger partial charge on any atom is -0.478 e. The molecular formula is C14H15NO3S. The van der Waals surface area contributed by atoms with Gasteiger partial charge in [0.25, 0.3) is 0 Å². The Bertz CT molecular complexity index is 622. The van der Waals surface area contributed by atoms with E-state index in [1.54, 1.807) is 29.5 Å². The zero-order valence-electron chi connectivity index (χ0n) is 10.6. The second kappa shape index (κ2) is 4.90. The molecule has 0 amide bonds. The molecule has 1 aliphatic rings. The van der Waals surface area contributed by atoms with Crippen LogP contribution < -0.4 is 0 Å². The average Bonchev–Trinajstić information content (AvgIpc) is 3.03. The molecule has 1 aliphatic heterocycles. The van der Waals surface area contributed by atoms with Gasteiger partial charge >= 0.3 is 5.97 Å².